The van der Waals surface area contributed by atoms with Crippen LogP contribution in [0.15, 0.2) is 18.2 Å². The second-order valence-electron chi connectivity index (χ2n) is 5.31. The van der Waals surface area contributed by atoms with E-state index in [4.69, 9.17) is 5.73 Å². The Labute approximate surface area is 114 Å². The highest BCUT2D eigenvalue weighted by Crippen LogP contribution is 2.35. The Morgan fingerprint density at radius 1 is 1.47 bits per heavy atom. The Morgan fingerprint density at radius 3 is 2.84 bits per heavy atom. The van der Waals surface area contributed by atoms with E-state index >= 15 is 0 Å². The van der Waals surface area contributed by atoms with Crippen LogP contribution in [0.4, 0.5) is 4.39 Å². The van der Waals surface area contributed by atoms with E-state index < -0.39 is 0 Å². The standard InChI is InChI=1S/C16H21FN2/c1-12(14-6-7-14)19(2)11-13-5-8-16(17)15(10-13)4-3-9-18/h5,8,10,12,14H,6-7,9,11,18H2,1-2H3. The molecule has 0 heterocycles. The van der Waals surface area contributed by atoms with Crippen LogP contribution in [-0.2, 0) is 6.54 Å². The highest BCUT2D eigenvalue weighted by Gasteiger charge is 2.30. The number of hydrogen-bond donors (Lipinski definition) is 1. The van der Waals surface area contributed by atoms with Crippen molar-refractivity contribution in [1.82, 2.24) is 4.90 Å². The van der Waals surface area contributed by atoms with Crippen LogP contribution in [0.25, 0.3) is 0 Å². The summed E-state index contributed by atoms with van der Waals surface area (Å²) in [5, 5.41) is 0. The van der Waals surface area contributed by atoms with Crippen LogP contribution in [0.3, 0.4) is 0 Å². The number of halogens is 1. The predicted molar refractivity (Wildman–Crippen MR) is 76.0 cm³/mol. The molecule has 1 aliphatic rings. The molecule has 1 fully saturated rings. The Hall–Kier alpha value is -1.37. The molecule has 1 unspecified atom stereocenters. The zero-order valence-electron chi connectivity index (χ0n) is 11.6. The number of nitrogens with two attached hydrogens (primary N) is 1. The van der Waals surface area contributed by atoms with Crippen molar-refractivity contribution in [2.45, 2.75) is 32.4 Å². The number of benzene rings is 1. The maximum atomic E-state index is 13.6. The Kier molecular flexibility index (Phi) is 4.57. The van der Waals surface area contributed by atoms with E-state index in [9.17, 15) is 4.39 Å². The van der Waals surface area contributed by atoms with Crippen molar-refractivity contribution in [2.75, 3.05) is 13.6 Å². The molecule has 1 atom stereocenters. The summed E-state index contributed by atoms with van der Waals surface area (Å²) in [7, 11) is 2.12. The minimum atomic E-state index is -0.275. The molecule has 19 heavy (non-hydrogen) atoms. The number of rotatable bonds is 4. The molecule has 0 spiro atoms. The molecular weight excluding hydrogens is 239 g/mol. The van der Waals surface area contributed by atoms with E-state index in [-0.39, 0.29) is 12.4 Å². The highest BCUT2D eigenvalue weighted by atomic mass is 19.1. The lowest BCUT2D eigenvalue weighted by Gasteiger charge is -2.24. The molecule has 0 aliphatic heterocycles. The van der Waals surface area contributed by atoms with E-state index in [0.717, 1.165) is 18.0 Å². The summed E-state index contributed by atoms with van der Waals surface area (Å²) in [5.41, 5.74) is 6.86. The van der Waals surface area contributed by atoms with Crippen LogP contribution in [-0.4, -0.2) is 24.5 Å². The van der Waals surface area contributed by atoms with Crippen molar-refractivity contribution in [3.63, 3.8) is 0 Å². The van der Waals surface area contributed by atoms with E-state index in [1.165, 1.54) is 18.9 Å². The molecule has 2 nitrogen and oxygen atoms in total. The zero-order chi connectivity index (χ0) is 13.8. The van der Waals surface area contributed by atoms with Gasteiger partial charge in [0.25, 0.3) is 0 Å². The molecule has 102 valence electrons. The normalized spacial score (nSPS) is 16.1. The summed E-state index contributed by atoms with van der Waals surface area (Å²) in [6, 6.07) is 5.74. The van der Waals surface area contributed by atoms with Gasteiger partial charge in [-0.05, 0) is 50.4 Å². The smallest absolute Gasteiger partial charge is 0.138 e. The van der Waals surface area contributed by atoms with Crippen LogP contribution in [0.2, 0.25) is 0 Å². The van der Waals surface area contributed by atoms with Gasteiger partial charge in [-0.1, -0.05) is 17.9 Å². The Bertz CT molecular complexity index is 497. The molecule has 2 rings (SSSR count). The molecule has 0 radical (unpaired) electrons. The third kappa shape index (κ3) is 3.79. The van der Waals surface area contributed by atoms with E-state index in [1.54, 1.807) is 0 Å². The zero-order valence-corrected chi connectivity index (χ0v) is 11.6. The van der Waals surface area contributed by atoms with Gasteiger partial charge in [0.1, 0.15) is 5.82 Å². The van der Waals surface area contributed by atoms with Crippen molar-refractivity contribution in [3.8, 4) is 11.8 Å². The van der Waals surface area contributed by atoms with Crippen LogP contribution in [0, 0.1) is 23.6 Å². The lowest BCUT2D eigenvalue weighted by molar-refractivity contribution is 0.226. The monoisotopic (exact) mass is 260 g/mol. The van der Waals surface area contributed by atoms with Crippen LogP contribution in [0.1, 0.15) is 30.9 Å². The highest BCUT2D eigenvalue weighted by molar-refractivity contribution is 5.38. The maximum Gasteiger partial charge on any atom is 0.138 e. The molecule has 0 saturated heterocycles. The van der Waals surface area contributed by atoms with Gasteiger partial charge >= 0.3 is 0 Å². The molecule has 0 aromatic heterocycles. The van der Waals surface area contributed by atoms with Gasteiger partial charge in [-0.25, -0.2) is 4.39 Å². The fourth-order valence-corrected chi connectivity index (χ4v) is 2.28. The van der Waals surface area contributed by atoms with Crippen molar-refractivity contribution in [3.05, 3.63) is 35.1 Å². The van der Waals surface area contributed by atoms with Gasteiger partial charge in [0.05, 0.1) is 12.1 Å². The third-order valence-electron chi connectivity index (χ3n) is 3.79. The lowest BCUT2D eigenvalue weighted by atomic mass is 10.1. The fourth-order valence-electron chi connectivity index (χ4n) is 2.28. The van der Waals surface area contributed by atoms with Crippen molar-refractivity contribution >= 4 is 0 Å². The maximum absolute atomic E-state index is 13.6. The summed E-state index contributed by atoms with van der Waals surface area (Å²) in [5.74, 6) is 6.04. The summed E-state index contributed by atoms with van der Waals surface area (Å²) >= 11 is 0. The molecule has 1 saturated carbocycles. The Morgan fingerprint density at radius 2 is 2.21 bits per heavy atom. The molecule has 0 bridgehead atoms. The molecule has 1 aromatic carbocycles. The van der Waals surface area contributed by atoms with Gasteiger partial charge in [0.15, 0.2) is 0 Å². The third-order valence-corrected chi connectivity index (χ3v) is 3.79. The first-order valence-electron chi connectivity index (χ1n) is 6.79. The van der Waals surface area contributed by atoms with Gasteiger partial charge in [0, 0.05) is 12.6 Å². The van der Waals surface area contributed by atoms with Crippen molar-refractivity contribution in [2.24, 2.45) is 11.7 Å². The minimum absolute atomic E-state index is 0.252. The largest absolute Gasteiger partial charge is 0.320 e. The minimum Gasteiger partial charge on any atom is -0.320 e. The summed E-state index contributed by atoms with van der Waals surface area (Å²) in [6.07, 6.45) is 2.67. The first-order chi connectivity index (χ1) is 9.11. The van der Waals surface area contributed by atoms with Gasteiger partial charge < -0.3 is 5.73 Å². The van der Waals surface area contributed by atoms with Crippen LogP contribution >= 0.6 is 0 Å². The van der Waals surface area contributed by atoms with E-state index in [0.29, 0.717) is 11.6 Å². The molecule has 3 heteroatoms. The first kappa shape index (κ1) is 14.0. The second kappa shape index (κ2) is 6.18. The average molecular weight is 260 g/mol. The van der Waals surface area contributed by atoms with Gasteiger partial charge in [-0.15, -0.1) is 0 Å². The number of nitrogens with zero attached hydrogens (tertiary/aromatic N) is 1. The summed E-state index contributed by atoms with van der Waals surface area (Å²) in [6.45, 7) is 3.34. The Balaban J connectivity index is 2.07. The second-order valence-corrected chi connectivity index (χ2v) is 5.31. The number of hydrogen-bond acceptors (Lipinski definition) is 2. The van der Waals surface area contributed by atoms with Crippen LogP contribution in [0.5, 0.6) is 0 Å². The lowest BCUT2D eigenvalue weighted by Crippen LogP contribution is -2.30. The van der Waals surface area contributed by atoms with E-state index in [2.05, 4.69) is 30.7 Å². The summed E-state index contributed by atoms with van der Waals surface area (Å²) < 4.78 is 13.6. The molecule has 0 amide bonds. The first-order valence-corrected chi connectivity index (χ1v) is 6.79. The predicted octanol–water partition coefficient (Wildman–Crippen LogP) is 2.37. The van der Waals surface area contributed by atoms with Gasteiger partial charge in [-0.3, -0.25) is 4.90 Å². The molecule has 2 N–H and O–H groups in total. The van der Waals surface area contributed by atoms with Gasteiger partial charge in [-0.2, -0.15) is 0 Å². The average Bonchev–Trinajstić information content (AvgIpc) is 3.22. The fraction of sp³-hybridized carbons (Fsp3) is 0.500. The van der Waals surface area contributed by atoms with Crippen molar-refractivity contribution in [1.29, 1.82) is 0 Å². The molecule has 1 aliphatic carbocycles. The van der Waals surface area contributed by atoms with Crippen LogP contribution < -0.4 is 5.73 Å². The summed E-state index contributed by atoms with van der Waals surface area (Å²) in [4.78, 5) is 2.32. The van der Waals surface area contributed by atoms with Crippen molar-refractivity contribution < 1.29 is 4.39 Å². The van der Waals surface area contributed by atoms with Gasteiger partial charge in [0.2, 0.25) is 0 Å². The SMILES string of the molecule is CC(C1CC1)N(C)Cc1ccc(F)c(C#CCN)c1. The molecule has 1 aromatic rings. The topological polar surface area (TPSA) is 29.3 Å². The molecular formula is C16H21FN2. The van der Waals surface area contributed by atoms with E-state index in [1.807, 2.05) is 12.1 Å². The quantitative estimate of drug-likeness (QED) is 0.842.